The third-order valence-electron chi connectivity index (χ3n) is 5.30. The molecule has 180 valence electrons. The molecule has 0 saturated carbocycles. The zero-order valence-corrected chi connectivity index (χ0v) is 20.5. The van der Waals surface area contributed by atoms with Gasteiger partial charge in [-0.1, -0.05) is 37.3 Å². The molecule has 8 nitrogen and oxygen atoms in total. The van der Waals surface area contributed by atoms with Crippen molar-refractivity contribution in [3.63, 3.8) is 0 Å². The van der Waals surface area contributed by atoms with Gasteiger partial charge >= 0.3 is 0 Å². The fraction of sp³-hybridized carbons (Fsp3) is 0.192. The summed E-state index contributed by atoms with van der Waals surface area (Å²) in [5.41, 5.74) is 1.77. The number of ether oxygens (including phenoxy) is 1. The van der Waals surface area contributed by atoms with Gasteiger partial charge in [0.25, 0.3) is 15.9 Å². The molecular weight excluding hydrogens is 464 g/mol. The van der Waals surface area contributed by atoms with Gasteiger partial charge in [-0.2, -0.15) is 0 Å². The Labute approximate surface area is 204 Å². The van der Waals surface area contributed by atoms with Crippen LogP contribution >= 0.6 is 0 Å². The highest BCUT2D eigenvalue weighted by Crippen LogP contribution is 2.23. The summed E-state index contributed by atoms with van der Waals surface area (Å²) >= 11 is 0. The molecule has 0 aliphatic rings. The van der Waals surface area contributed by atoms with Crippen LogP contribution in [-0.4, -0.2) is 30.4 Å². The zero-order chi connectivity index (χ0) is 25.0. The highest BCUT2D eigenvalue weighted by molar-refractivity contribution is 7.92. The Morgan fingerprint density at radius 1 is 0.914 bits per heavy atom. The molecule has 0 spiro atoms. The maximum absolute atomic E-state index is 12.8. The number of amides is 1. The number of nitrogens with zero attached hydrogens (tertiary/aromatic N) is 2. The van der Waals surface area contributed by atoms with Crippen LogP contribution in [0.4, 0.5) is 11.6 Å². The Morgan fingerprint density at radius 3 is 2.23 bits per heavy atom. The molecule has 0 saturated heterocycles. The summed E-state index contributed by atoms with van der Waals surface area (Å²) < 4.78 is 33.7. The SMILES string of the molecule is CC[C@@H](Oc1ccc2ccccc2c1)C(=O)Nc1ccc(S(=O)(=O)Nc2nc(C)cc(C)n2)cc1. The first-order valence-corrected chi connectivity index (χ1v) is 12.6. The van der Waals surface area contributed by atoms with Crippen LogP contribution in [0.15, 0.2) is 77.7 Å². The minimum absolute atomic E-state index is 0.0107. The molecule has 9 heteroatoms. The Hall–Kier alpha value is -3.98. The summed E-state index contributed by atoms with van der Waals surface area (Å²) in [7, 11) is -3.88. The number of nitrogens with one attached hydrogen (secondary N) is 2. The molecular formula is C26H26N4O4S. The number of aromatic nitrogens is 2. The Morgan fingerprint density at radius 2 is 1.57 bits per heavy atom. The maximum Gasteiger partial charge on any atom is 0.265 e. The van der Waals surface area contributed by atoms with Crippen LogP contribution < -0.4 is 14.8 Å². The number of benzene rings is 3. The molecule has 3 aromatic carbocycles. The van der Waals surface area contributed by atoms with E-state index in [1.54, 1.807) is 19.9 Å². The second-order valence-corrected chi connectivity index (χ2v) is 9.80. The third kappa shape index (κ3) is 5.93. The van der Waals surface area contributed by atoms with E-state index in [0.717, 1.165) is 10.8 Å². The first-order valence-electron chi connectivity index (χ1n) is 11.1. The van der Waals surface area contributed by atoms with Crippen LogP contribution in [0.2, 0.25) is 0 Å². The molecule has 0 unspecified atom stereocenters. The van der Waals surface area contributed by atoms with Crippen LogP contribution in [0.5, 0.6) is 5.75 Å². The molecule has 35 heavy (non-hydrogen) atoms. The van der Waals surface area contributed by atoms with Gasteiger partial charge in [0.2, 0.25) is 5.95 Å². The van der Waals surface area contributed by atoms with E-state index in [-0.39, 0.29) is 16.8 Å². The van der Waals surface area contributed by atoms with Crippen LogP contribution in [0.3, 0.4) is 0 Å². The van der Waals surface area contributed by atoms with Gasteiger partial charge in [-0.15, -0.1) is 0 Å². The average Bonchev–Trinajstić information content (AvgIpc) is 2.81. The van der Waals surface area contributed by atoms with Crippen molar-refractivity contribution in [1.82, 2.24) is 9.97 Å². The van der Waals surface area contributed by atoms with Gasteiger partial charge in [-0.3, -0.25) is 4.79 Å². The van der Waals surface area contributed by atoms with Crippen molar-refractivity contribution in [3.05, 3.63) is 84.2 Å². The topological polar surface area (TPSA) is 110 Å². The predicted molar refractivity (Wildman–Crippen MR) is 136 cm³/mol. The minimum atomic E-state index is -3.88. The van der Waals surface area contributed by atoms with E-state index in [2.05, 4.69) is 20.0 Å². The molecule has 0 fully saturated rings. The van der Waals surface area contributed by atoms with Crippen LogP contribution in [0, 0.1) is 13.8 Å². The van der Waals surface area contributed by atoms with Crippen LogP contribution in [0.1, 0.15) is 24.7 Å². The first-order chi connectivity index (χ1) is 16.7. The summed E-state index contributed by atoms with van der Waals surface area (Å²) in [4.78, 5) is 21.1. The minimum Gasteiger partial charge on any atom is -0.481 e. The second-order valence-electron chi connectivity index (χ2n) is 8.12. The first kappa shape index (κ1) is 24.2. The Balaban J connectivity index is 1.43. The van der Waals surface area contributed by atoms with Crippen molar-refractivity contribution < 1.29 is 17.9 Å². The molecule has 0 aliphatic heterocycles. The number of carbonyl (C=O) groups is 1. The van der Waals surface area contributed by atoms with Crippen molar-refractivity contribution in [1.29, 1.82) is 0 Å². The second kappa shape index (κ2) is 10.1. The number of anilines is 2. The largest absolute Gasteiger partial charge is 0.481 e. The summed E-state index contributed by atoms with van der Waals surface area (Å²) in [5, 5.41) is 4.90. The molecule has 0 bridgehead atoms. The lowest BCUT2D eigenvalue weighted by atomic mass is 10.1. The van der Waals surface area contributed by atoms with Crippen molar-refractivity contribution in [2.45, 2.75) is 38.2 Å². The number of rotatable bonds is 8. The zero-order valence-electron chi connectivity index (χ0n) is 19.6. The van der Waals surface area contributed by atoms with E-state index in [1.165, 1.54) is 24.3 Å². The number of hydrogen-bond acceptors (Lipinski definition) is 6. The number of sulfonamides is 1. The van der Waals surface area contributed by atoms with Gasteiger partial charge in [-0.05, 0) is 73.5 Å². The van der Waals surface area contributed by atoms with E-state index in [4.69, 9.17) is 4.74 Å². The summed E-state index contributed by atoms with van der Waals surface area (Å²) in [5.74, 6) is 0.293. The molecule has 1 heterocycles. The lowest BCUT2D eigenvalue weighted by molar-refractivity contribution is -0.122. The molecule has 1 aromatic heterocycles. The normalized spacial score (nSPS) is 12.2. The number of aryl methyl sites for hydroxylation is 2. The van der Waals surface area contributed by atoms with E-state index >= 15 is 0 Å². The number of hydrogen-bond donors (Lipinski definition) is 2. The third-order valence-corrected chi connectivity index (χ3v) is 6.65. The van der Waals surface area contributed by atoms with Crippen molar-refractivity contribution in [2.75, 3.05) is 10.0 Å². The fourth-order valence-electron chi connectivity index (χ4n) is 3.62. The summed E-state index contributed by atoms with van der Waals surface area (Å²) in [6.45, 7) is 5.39. The lowest BCUT2D eigenvalue weighted by Gasteiger charge is -2.18. The highest BCUT2D eigenvalue weighted by atomic mass is 32.2. The maximum atomic E-state index is 12.8. The Kier molecular flexibility index (Phi) is 6.97. The van der Waals surface area contributed by atoms with Gasteiger partial charge < -0.3 is 10.1 Å². The fourth-order valence-corrected chi connectivity index (χ4v) is 4.56. The number of carbonyl (C=O) groups excluding carboxylic acids is 1. The standard InChI is InChI=1S/C26H26N4O4S/c1-4-24(34-22-12-9-19-7-5-6-8-20(19)16-22)25(31)29-21-10-13-23(14-11-21)35(32,33)30-26-27-17(2)15-18(3)28-26/h5-16,24H,4H2,1-3H3,(H,29,31)(H,27,28,30)/t24-/m1/s1. The monoisotopic (exact) mass is 490 g/mol. The van der Waals surface area contributed by atoms with E-state index in [0.29, 0.717) is 29.2 Å². The smallest absolute Gasteiger partial charge is 0.265 e. The van der Waals surface area contributed by atoms with Gasteiger partial charge in [0.15, 0.2) is 6.10 Å². The van der Waals surface area contributed by atoms with Crippen molar-refractivity contribution >= 4 is 38.3 Å². The van der Waals surface area contributed by atoms with Gasteiger partial charge in [0.05, 0.1) is 4.90 Å². The number of fused-ring (bicyclic) bond motifs is 1. The van der Waals surface area contributed by atoms with E-state index in [1.807, 2.05) is 49.4 Å². The summed E-state index contributed by atoms with van der Waals surface area (Å²) in [6, 6.07) is 21.2. The quantitative estimate of drug-likeness (QED) is 0.366. The van der Waals surface area contributed by atoms with E-state index < -0.39 is 16.1 Å². The predicted octanol–water partition coefficient (Wildman–Crippen LogP) is 4.84. The average molecular weight is 491 g/mol. The van der Waals surface area contributed by atoms with Crippen LogP contribution in [-0.2, 0) is 14.8 Å². The van der Waals surface area contributed by atoms with Gasteiger partial charge in [-0.25, -0.2) is 23.1 Å². The molecule has 4 aromatic rings. The molecule has 1 amide bonds. The summed E-state index contributed by atoms with van der Waals surface area (Å²) in [6.07, 6.45) is -0.242. The van der Waals surface area contributed by atoms with Gasteiger partial charge in [0, 0.05) is 17.1 Å². The van der Waals surface area contributed by atoms with Crippen molar-refractivity contribution in [3.8, 4) is 5.75 Å². The van der Waals surface area contributed by atoms with E-state index in [9.17, 15) is 13.2 Å². The molecule has 1 atom stereocenters. The highest BCUT2D eigenvalue weighted by Gasteiger charge is 2.20. The lowest BCUT2D eigenvalue weighted by Crippen LogP contribution is -2.32. The van der Waals surface area contributed by atoms with Crippen molar-refractivity contribution in [2.24, 2.45) is 0 Å². The van der Waals surface area contributed by atoms with Gasteiger partial charge in [0.1, 0.15) is 5.75 Å². The molecule has 2 N–H and O–H groups in total. The molecule has 0 radical (unpaired) electrons. The Bertz CT molecular complexity index is 1450. The van der Waals surface area contributed by atoms with Crippen LogP contribution in [0.25, 0.3) is 10.8 Å². The molecule has 4 rings (SSSR count). The molecule has 0 aliphatic carbocycles.